The van der Waals surface area contributed by atoms with Gasteiger partial charge in [0.25, 0.3) is 5.91 Å². The van der Waals surface area contributed by atoms with Crippen molar-refractivity contribution in [2.45, 2.75) is 13.1 Å². The maximum absolute atomic E-state index is 13.1. The maximum atomic E-state index is 13.1. The van der Waals surface area contributed by atoms with Gasteiger partial charge in [-0.15, -0.1) is 0 Å². The van der Waals surface area contributed by atoms with Crippen LogP contribution < -0.4 is 9.47 Å². The van der Waals surface area contributed by atoms with Crippen LogP contribution in [0.15, 0.2) is 84.2 Å². The number of hydrogen-bond donors (Lipinski definition) is 0. The predicted octanol–water partition coefficient (Wildman–Crippen LogP) is 5.53. The highest BCUT2D eigenvalue weighted by atomic mass is 32.2. The Morgan fingerprint density at radius 3 is 2.63 bits per heavy atom. The Balaban J connectivity index is 1.34. The summed E-state index contributed by atoms with van der Waals surface area (Å²) in [4.78, 5) is 19.5. The predicted molar refractivity (Wildman–Crippen MR) is 143 cm³/mol. The number of nitrogens with zero attached hydrogens (tertiary/aromatic N) is 3. The number of fused-ring (bicyclic) bond motifs is 1. The summed E-state index contributed by atoms with van der Waals surface area (Å²) in [5.41, 5.74) is 3.01. The molecule has 1 amide bonds. The molecule has 1 fully saturated rings. The molecule has 35 heavy (non-hydrogen) atoms. The zero-order valence-electron chi connectivity index (χ0n) is 19.1. The van der Waals surface area contributed by atoms with Gasteiger partial charge < -0.3 is 14.0 Å². The van der Waals surface area contributed by atoms with Gasteiger partial charge in [0.1, 0.15) is 22.4 Å². The molecule has 0 radical (unpaired) electrons. The first-order chi connectivity index (χ1) is 17.1. The van der Waals surface area contributed by atoms with E-state index in [0.29, 0.717) is 28.9 Å². The van der Waals surface area contributed by atoms with Gasteiger partial charge in [0.15, 0.2) is 0 Å². The van der Waals surface area contributed by atoms with Crippen LogP contribution in [-0.2, 0) is 17.9 Å². The molecule has 0 aliphatic carbocycles. The van der Waals surface area contributed by atoms with Gasteiger partial charge in [0.05, 0.1) is 25.1 Å². The van der Waals surface area contributed by atoms with E-state index in [1.54, 1.807) is 24.4 Å². The molecular weight excluding hydrogens is 478 g/mol. The lowest BCUT2D eigenvalue weighted by Crippen LogP contribution is -2.27. The molecule has 176 valence electrons. The Morgan fingerprint density at radius 1 is 1.06 bits per heavy atom. The van der Waals surface area contributed by atoms with Crippen LogP contribution in [0.4, 0.5) is 0 Å². The average Bonchev–Trinajstić information content (AvgIpc) is 3.37. The van der Waals surface area contributed by atoms with Gasteiger partial charge in [0.2, 0.25) is 0 Å². The van der Waals surface area contributed by atoms with Crippen LogP contribution in [0.5, 0.6) is 11.5 Å². The molecule has 0 atom stereocenters. The first kappa shape index (κ1) is 23.1. The molecule has 3 heterocycles. The van der Waals surface area contributed by atoms with E-state index in [4.69, 9.17) is 21.7 Å². The van der Waals surface area contributed by atoms with Crippen molar-refractivity contribution < 1.29 is 14.3 Å². The molecule has 6 nitrogen and oxygen atoms in total. The maximum Gasteiger partial charge on any atom is 0.266 e. The highest BCUT2D eigenvalue weighted by molar-refractivity contribution is 8.26. The third kappa shape index (κ3) is 5.08. The Bertz CT molecular complexity index is 1400. The van der Waals surface area contributed by atoms with Gasteiger partial charge in [-0.25, -0.2) is 0 Å². The van der Waals surface area contributed by atoms with E-state index < -0.39 is 0 Å². The molecule has 0 spiro atoms. The molecule has 2 aromatic carbocycles. The van der Waals surface area contributed by atoms with Crippen molar-refractivity contribution in [3.05, 3.63) is 95.3 Å². The zero-order valence-corrected chi connectivity index (χ0v) is 20.7. The number of para-hydroxylation sites is 1. The van der Waals surface area contributed by atoms with Crippen LogP contribution in [0.1, 0.15) is 11.1 Å². The highest BCUT2D eigenvalue weighted by Crippen LogP contribution is 2.35. The van der Waals surface area contributed by atoms with Crippen LogP contribution in [0.2, 0.25) is 0 Å². The molecule has 0 unspecified atom stereocenters. The normalized spacial score (nSPS) is 14.8. The molecule has 5 rings (SSSR count). The third-order valence-corrected chi connectivity index (χ3v) is 7.08. The van der Waals surface area contributed by atoms with Crippen LogP contribution >= 0.6 is 24.0 Å². The second-order valence-electron chi connectivity index (χ2n) is 7.95. The summed E-state index contributed by atoms with van der Waals surface area (Å²) in [6.45, 7) is 1.60. The highest BCUT2D eigenvalue weighted by Gasteiger charge is 2.32. The lowest BCUT2D eigenvalue weighted by molar-refractivity contribution is -0.122. The molecule has 8 heteroatoms. The quantitative estimate of drug-likeness (QED) is 0.234. The van der Waals surface area contributed by atoms with Gasteiger partial charge >= 0.3 is 0 Å². The summed E-state index contributed by atoms with van der Waals surface area (Å²) in [5, 5.41) is 1.08. The van der Waals surface area contributed by atoms with Crippen molar-refractivity contribution in [2.24, 2.45) is 0 Å². The van der Waals surface area contributed by atoms with Gasteiger partial charge in [-0.05, 0) is 48.0 Å². The van der Waals surface area contributed by atoms with Crippen molar-refractivity contribution in [3.8, 4) is 11.5 Å². The summed E-state index contributed by atoms with van der Waals surface area (Å²) in [6, 6.07) is 19.5. The topological polar surface area (TPSA) is 56.6 Å². The first-order valence-corrected chi connectivity index (χ1v) is 12.3. The molecule has 0 N–H and O–H groups in total. The number of benzene rings is 2. The van der Waals surface area contributed by atoms with Crippen LogP contribution in [-0.4, -0.2) is 38.4 Å². The largest absolute Gasteiger partial charge is 0.497 e. The Labute approximate surface area is 213 Å². The summed E-state index contributed by atoms with van der Waals surface area (Å²) in [6.07, 6.45) is 7.47. The molecule has 0 saturated carbocycles. The molecule has 4 aromatic rings. The fourth-order valence-corrected chi connectivity index (χ4v) is 5.21. The second-order valence-corrected chi connectivity index (χ2v) is 9.62. The zero-order chi connectivity index (χ0) is 24.2. The molecule has 1 aliphatic rings. The third-order valence-electron chi connectivity index (χ3n) is 5.70. The molecule has 0 bridgehead atoms. The number of rotatable bonds is 8. The fraction of sp³-hybridized carbons (Fsp3) is 0.148. The smallest absolute Gasteiger partial charge is 0.266 e. The summed E-state index contributed by atoms with van der Waals surface area (Å²) >= 11 is 6.84. The van der Waals surface area contributed by atoms with Crippen LogP contribution in [0.25, 0.3) is 17.0 Å². The SMILES string of the molecule is COc1ccc(OCCn2cc(/C=C3\SC(=S)N(Cc4cccnc4)C3=O)c3ccccc32)cc1. The number of hydrogen-bond acceptors (Lipinski definition) is 6. The number of methoxy groups -OCH3 is 1. The Hall–Kier alpha value is -3.62. The molecule has 1 saturated heterocycles. The number of carbonyl (C=O) groups excluding carboxylic acids is 1. The summed E-state index contributed by atoms with van der Waals surface area (Å²) < 4.78 is 13.8. The van der Waals surface area contributed by atoms with E-state index in [0.717, 1.165) is 33.5 Å². The van der Waals surface area contributed by atoms with Crippen molar-refractivity contribution >= 4 is 51.2 Å². The Morgan fingerprint density at radius 2 is 1.86 bits per heavy atom. The van der Waals surface area contributed by atoms with Gasteiger partial charge in [-0.3, -0.25) is 14.7 Å². The van der Waals surface area contributed by atoms with E-state index in [-0.39, 0.29) is 5.91 Å². The molecule has 1 aliphatic heterocycles. The molecular formula is C27H23N3O3S2. The van der Waals surface area contributed by atoms with Gasteiger partial charge in [-0.2, -0.15) is 0 Å². The van der Waals surface area contributed by atoms with Crippen molar-refractivity contribution in [1.29, 1.82) is 0 Å². The standard InChI is InChI=1S/C27H23N3O3S2/c1-32-21-8-10-22(11-9-21)33-14-13-29-18-20(23-6-2-3-7-24(23)29)15-25-26(31)30(27(34)35-25)17-19-5-4-12-28-16-19/h2-12,15-16,18H,13-14,17H2,1H3/b25-15-. The summed E-state index contributed by atoms with van der Waals surface area (Å²) in [5.74, 6) is 1.51. The minimum atomic E-state index is -0.0801. The van der Waals surface area contributed by atoms with E-state index in [9.17, 15) is 4.79 Å². The lowest BCUT2D eigenvalue weighted by atomic mass is 10.1. The minimum absolute atomic E-state index is 0.0801. The van der Waals surface area contributed by atoms with E-state index in [1.807, 2.05) is 54.6 Å². The number of carbonyl (C=O) groups is 1. The number of aromatic nitrogens is 2. The van der Waals surface area contributed by atoms with Crippen LogP contribution in [0.3, 0.4) is 0 Å². The van der Waals surface area contributed by atoms with Crippen molar-refractivity contribution in [2.75, 3.05) is 13.7 Å². The van der Waals surface area contributed by atoms with Gasteiger partial charge in [-0.1, -0.05) is 48.2 Å². The number of thioether (sulfide) groups is 1. The van der Waals surface area contributed by atoms with Crippen molar-refractivity contribution in [3.63, 3.8) is 0 Å². The summed E-state index contributed by atoms with van der Waals surface area (Å²) in [7, 11) is 1.64. The van der Waals surface area contributed by atoms with E-state index in [1.165, 1.54) is 11.8 Å². The van der Waals surface area contributed by atoms with Gasteiger partial charge in [0, 0.05) is 35.1 Å². The number of ether oxygens (including phenoxy) is 2. The average molecular weight is 502 g/mol. The van der Waals surface area contributed by atoms with Crippen molar-refractivity contribution in [1.82, 2.24) is 14.5 Å². The lowest BCUT2D eigenvalue weighted by Gasteiger charge is -2.13. The van der Waals surface area contributed by atoms with E-state index in [2.05, 4.69) is 27.9 Å². The number of thiocarbonyl (C=S) groups is 1. The molecule has 2 aromatic heterocycles. The minimum Gasteiger partial charge on any atom is -0.497 e. The Kier molecular flexibility index (Phi) is 6.83. The van der Waals surface area contributed by atoms with Crippen LogP contribution in [0, 0.1) is 0 Å². The monoisotopic (exact) mass is 501 g/mol. The fourth-order valence-electron chi connectivity index (χ4n) is 3.96. The van der Waals surface area contributed by atoms with E-state index >= 15 is 0 Å². The number of pyridine rings is 1. The second kappa shape index (κ2) is 10.3. The first-order valence-electron chi connectivity index (χ1n) is 11.1. The number of amides is 1.